The first kappa shape index (κ1) is 16.7. The Morgan fingerprint density at radius 3 is 2.50 bits per heavy atom. The standard InChI is InChI=1S/C13H8BrClFNO4S/c14-7-1-4-12(10(15)5-7)22(20,21)17-11-3-2-8(16)6-9(11)13(18)19/h1-6,17H,(H,18,19). The molecule has 0 saturated carbocycles. The fourth-order valence-corrected chi connectivity index (χ4v) is 3.79. The van der Waals surface area contributed by atoms with Gasteiger partial charge in [0.15, 0.2) is 0 Å². The number of hydrogen-bond donors (Lipinski definition) is 2. The third-order valence-corrected chi connectivity index (χ3v) is 4.98. The van der Waals surface area contributed by atoms with Crippen LogP contribution in [-0.4, -0.2) is 19.5 Å². The van der Waals surface area contributed by atoms with E-state index in [2.05, 4.69) is 20.7 Å². The molecule has 0 unspecified atom stereocenters. The smallest absolute Gasteiger partial charge is 0.337 e. The maximum absolute atomic E-state index is 13.1. The van der Waals surface area contributed by atoms with Crippen molar-refractivity contribution in [2.24, 2.45) is 0 Å². The lowest BCUT2D eigenvalue weighted by Crippen LogP contribution is -2.16. The zero-order chi connectivity index (χ0) is 16.5. The van der Waals surface area contributed by atoms with E-state index in [9.17, 15) is 17.6 Å². The SMILES string of the molecule is O=C(O)c1cc(F)ccc1NS(=O)(=O)c1ccc(Br)cc1Cl. The molecule has 9 heteroatoms. The van der Waals surface area contributed by atoms with Gasteiger partial charge in [-0.05, 0) is 36.4 Å². The normalized spacial score (nSPS) is 11.2. The molecule has 0 heterocycles. The Morgan fingerprint density at radius 2 is 1.91 bits per heavy atom. The van der Waals surface area contributed by atoms with Crippen molar-refractivity contribution in [3.8, 4) is 0 Å². The van der Waals surface area contributed by atoms with Gasteiger partial charge in [-0.25, -0.2) is 17.6 Å². The van der Waals surface area contributed by atoms with E-state index in [1.807, 2.05) is 0 Å². The maximum Gasteiger partial charge on any atom is 0.337 e. The Balaban J connectivity index is 2.47. The number of sulfonamides is 1. The van der Waals surface area contributed by atoms with E-state index in [1.54, 1.807) is 0 Å². The first-order chi connectivity index (χ1) is 10.2. The Bertz CT molecular complexity index is 857. The van der Waals surface area contributed by atoms with E-state index in [0.717, 1.165) is 18.2 Å². The van der Waals surface area contributed by atoms with Crippen molar-refractivity contribution in [3.05, 3.63) is 57.3 Å². The fraction of sp³-hybridized carbons (Fsp3) is 0. The molecular formula is C13H8BrClFNO4S. The van der Waals surface area contributed by atoms with Crippen LogP contribution in [0.1, 0.15) is 10.4 Å². The molecule has 0 radical (unpaired) electrons. The van der Waals surface area contributed by atoms with Crippen molar-refractivity contribution in [2.45, 2.75) is 4.90 Å². The second-order valence-corrected chi connectivity index (χ2v) is 7.15. The minimum atomic E-state index is -4.12. The van der Waals surface area contributed by atoms with E-state index >= 15 is 0 Å². The van der Waals surface area contributed by atoms with Crippen LogP contribution in [0.15, 0.2) is 45.8 Å². The van der Waals surface area contributed by atoms with Crippen LogP contribution in [0.5, 0.6) is 0 Å². The maximum atomic E-state index is 13.1. The predicted octanol–water partition coefficient (Wildman–Crippen LogP) is 3.74. The van der Waals surface area contributed by atoms with Gasteiger partial charge in [-0.2, -0.15) is 0 Å². The second-order valence-electron chi connectivity index (χ2n) is 4.18. The van der Waals surface area contributed by atoms with Crippen LogP contribution in [0.4, 0.5) is 10.1 Å². The molecular weight excluding hydrogens is 401 g/mol. The molecule has 0 atom stereocenters. The summed E-state index contributed by atoms with van der Waals surface area (Å²) in [7, 11) is -4.12. The van der Waals surface area contributed by atoms with E-state index in [-0.39, 0.29) is 15.6 Å². The van der Waals surface area contributed by atoms with Gasteiger partial charge < -0.3 is 5.11 Å². The number of carbonyl (C=O) groups is 1. The summed E-state index contributed by atoms with van der Waals surface area (Å²) in [5.74, 6) is -2.25. The van der Waals surface area contributed by atoms with Crippen LogP contribution in [0, 0.1) is 5.82 Å². The van der Waals surface area contributed by atoms with Crippen molar-refractivity contribution in [1.29, 1.82) is 0 Å². The number of carboxylic acid groups (broad SMARTS) is 1. The monoisotopic (exact) mass is 407 g/mol. The average molecular weight is 409 g/mol. The molecule has 0 fully saturated rings. The highest BCUT2D eigenvalue weighted by Crippen LogP contribution is 2.28. The molecule has 0 amide bonds. The summed E-state index contributed by atoms with van der Waals surface area (Å²) in [4.78, 5) is 10.9. The van der Waals surface area contributed by atoms with Crippen LogP contribution >= 0.6 is 27.5 Å². The summed E-state index contributed by atoms with van der Waals surface area (Å²) < 4.78 is 40.4. The molecule has 5 nitrogen and oxygen atoms in total. The molecule has 0 saturated heterocycles. The molecule has 0 bridgehead atoms. The van der Waals surface area contributed by atoms with Crippen molar-refractivity contribution < 1.29 is 22.7 Å². The van der Waals surface area contributed by atoms with Crippen molar-refractivity contribution >= 4 is 49.2 Å². The van der Waals surface area contributed by atoms with Crippen molar-refractivity contribution in [3.63, 3.8) is 0 Å². The highest BCUT2D eigenvalue weighted by Gasteiger charge is 2.21. The van der Waals surface area contributed by atoms with Crippen LogP contribution in [0.3, 0.4) is 0 Å². The minimum absolute atomic E-state index is 0.0409. The quantitative estimate of drug-likeness (QED) is 0.807. The zero-order valence-corrected chi connectivity index (χ0v) is 13.8. The van der Waals surface area contributed by atoms with Gasteiger partial charge in [-0.15, -0.1) is 0 Å². The lowest BCUT2D eigenvalue weighted by atomic mass is 10.2. The summed E-state index contributed by atoms with van der Waals surface area (Å²) in [6.45, 7) is 0. The molecule has 116 valence electrons. The summed E-state index contributed by atoms with van der Waals surface area (Å²) in [6.07, 6.45) is 0. The number of halogens is 3. The zero-order valence-electron chi connectivity index (χ0n) is 10.7. The van der Waals surface area contributed by atoms with Gasteiger partial charge in [-0.1, -0.05) is 27.5 Å². The van der Waals surface area contributed by atoms with E-state index in [4.69, 9.17) is 16.7 Å². The minimum Gasteiger partial charge on any atom is -0.478 e. The number of nitrogens with one attached hydrogen (secondary N) is 1. The van der Waals surface area contributed by atoms with Crippen LogP contribution < -0.4 is 4.72 Å². The van der Waals surface area contributed by atoms with E-state index in [1.165, 1.54) is 18.2 Å². The topological polar surface area (TPSA) is 83.5 Å². The number of benzene rings is 2. The lowest BCUT2D eigenvalue weighted by molar-refractivity contribution is 0.0697. The van der Waals surface area contributed by atoms with Gasteiger partial charge in [0.25, 0.3) is 10.0 Å². The van der Waals surface area contributed by atoms with Gasteiger partial charge in [0.05, 0.1) is 16.3 Å². The summed E-state index contributed by atoms with van der Waals surface area (Å²) >= 11 is 9.03. The Kier molecular flexibility index (Phi) is 4.74. The molecule has 2 N–H and O–H groups in total. The molecule has 0 spiro atoms. The van der Waals surface area contributed by atoms with Gasteiger partial charge in [0.1, 0.15) is 10.7 Å². The van der Waals surface area contributed by atoms with Crippen molar-refractivity contribution in [1.82, 2.24) is 0 Å². The third kappa shape index (κ3) is 3.57. The average Bonchev–Trinajstić information content (AvgIpc) is 2.39. The molecule has 2 aromatic rings. The number of carboxylic acids is 1. The Hall–Kier alpha value is -1.64. The van der Waals surface area contributed by atoms with Crippen LogP contribution in [-0.2, 0) is 10.0 Å². The molecule has 0 aliphatic heterocycles. The predicted molar refractivity (Wildman–Crippen MR) is 83.3 cm³/mol. The Labute approximate surface area is 138 Å². The lowest BCUT2D eigenvalue weighted by Gasteiger charge is -2.12. The second kappa shape index (κ2) is 6.23. The molecule has 2 rings (SSSR count). The summed E-state index contributed by atoms with van der Waals surface area (Å²) in [5.41, 5.74) is -0.760. The fourth-order valence-electron chi connectivity index (χ4n) is 1.68. The molecule has 2 aromatic carbocycles. The van der Waals surface area contributed by atoms with E-state index < -0.39 is 27.4 Å². The van der Waals surface area contributed by atoms with E-state index in [0.29, 0.717) is 4.47 Å². The Morgan fingerprint density at radius 1 is 1.23 bits per heavy atom. The van der Waals surface area contributed by atoms with Gasteiger partial charge in [0, 0.05) is 4.47 Å². The summed E-state index contributed by atoms with van der Waals surface area (Å²) in [6, 6.07) is 6.83. The molecule has 0 aliphatic rings. The molecule has 0 aromatic heterocycles. The molecule has 22 heavy (non-hydrogen) atoms. The van der Waals surface area contributed by atoms with Crippen LogP contribution in [0.25, 0.3) is 0 Å². The first-order valence-corrected chi connectivity index (χ1v) is 8.37. The largest absolute Gasteiger partial charge is 0.478 e. The van der Waals surface area contributed by atoms with Gasteiger partial charge >= 0.3 is 5.97 Å². The third-order valence-electron chi connectivity index (χ3n) is 2.64. The summed E-state index contributed by atoms with van der Waals surface area (Å²) in [5, 5.41) is 8.97. The first-order valence-electron chi connectivity index (χ1n) is 5.71. The van der Waals surface area contributed by atoms with Crippen LogP contribution in [0.2, 0.25) is 5.02 Å². The number of rotatable bonds is 4. The highest BCUT2D eigenvalue weighted by atomic mass is 79.9. The van der Waals surface area contributed by atoms with Gasteiger partial charge in [-0.3, -0.25) is 4.72 Å². The van der Waals surface area contributed by atoms with Crippen molar-refractivity contribution in [2.75, 3.05) is 4.72 Å². The number of aromatic carboxylic acids is 1. The highest BCUT2D eigenvalue weighted by molar-refractivity contribution is 9.10. The van der Waals surface area contributed by atoms with Gasteiger partial charge in [0.2, 0.25) is 0 Å². The molecule has 0 aliphatic carbocycles. The number of anilines is 1. The number of hydrogen-bond acceptors (Lipinski definition) is 3.